The van der Waals surface area contributed by atoms with Crippen LogP contribution in [0.4, 0.5) is 4.79 Å². The number of carboxylic acid groups (broad SMARTS) is 1. The van der Waals surface area contributed by atoms with Crippen molar-refractivity contribution in [3.63, 3.8) is 0 Å². The van der Waals surface area contributed by atoms with Gasteiger partial charge in [0.25, 0.3) is 0 Å². The molecule has 1 rings (SSSR count). The van der Waals surface area contributed by atoms with Gasteiger partial charge in [-0.15, -0.1) is 0 Å². The Morgan fingerprint density at radius 3 is 2.61 bits per heavy atom. The van der Waals surface area contributed by atoms with E-state index >= 15 is 0 Å². The number of thioether (sulfide) groups is 1. The maximum atomic E-state index is 11.7. The van der Waals surface area contributed by atoms with E-state index in [4.69, 9.17) is 9.84 Å². The molecule has 1 aliphatic heterocycles. The summed E-state index contributed by atoms with van der Waals surface area (Å²) in [6.07, 6.45) is -0.400. The third-order valence-corrected chi connectivity index (χ3v) is 3.07. The van der Waals surface area contributed by atoms with Crippen molar-refractivity contribution in [3.05, 3.63) is 0 Å². The lowest BCUT2D eigenvalue weighted by Crippen LogP contribution is -2.35. The minimum absolute atomic E-state index is 0.317. The number of hydrogen-bond acceptors (Lipinski definition) is 5. The third kappa shape index (κ3) is 4.56. The fraction of sp³-hybridized carbons (Fsp3) is 0.727. The summed E-state index contributed by atoms with van der Waals surface area (Å²) in [7, 11) is 0. The van der Waals surface area contributed by atoms with Crippen molar-refractivity contribution in [2.75, 3.05) is 12.4 Å². The maximum absolute atomic E-state index is 11.7. The van der Waals surface area contributed by atoms with E-state index in [9.17, 15) is 9.59 Å². The predicted molar refractivity (Wildman–Crippen MR) is 69.9 cm³/mol. The van der Waals surface area contributed by atoms with Crippen molar-refractivity contribution < 1.29 is 19.4 Å². The number of ether oxygens (including phenoxy) is 1. The van der Waals surface area contributed by atoms with Crippen molar-refractivity contribution >= 4 is 28.9 Å². The van der Waals surface area contributed by atoms with Gasteiger partial charge in [0.05, 0.1) is 17.5 Å². The zero-order valence-electron chi connectivity index (χ0n) is 11.0. The second kappa shape index (κ2) is 5.60. The monoisotopic (exact) mass is 274 g/mol. The molecule has 0 bridgehead atoms. The predicted octanol–water partition coefficient (Wildman–Crippen LogP) is 1.80. The van der Waals surface area contributed by atoms with Crippen molar-refractivity contribution in [1.29, 1.82) is 0 Å². The van der Waals surface area contributed by atoms with Crippen LogP contribution in [0.25, 0.3) is 0 Å². The molecule has 6 nitrogen and oxygen atoms in total. The van der Waals surface area contributed by atoms with Crippen LogP contribution in [0, 0.1) is 0 Å². The van der Waals surface area contributed by atoms with E-state index in [-0.39, 0.29) is 0 Å². The lowest BCUT2D eigenvalue weighted by molar-refractivity contribution is -0.137. The zero-order valence-corrected chi connectivity index (χ0v) is 11.8. The van der Waals surface area contributed by atoms with Gasteiger partial charge in [0.1, 0.15) is 11.6 Å². The highest BCUT2D eigenvalue weighted by Crippen LogP contribution is 2.21. The van der Waals surface area contributed by atoms with E-state index < -0.39 is 23.7 Å². The molecule has 0 unspecified atom stereocenters. The Morgan fingerprint density at radius 1 is 1.50 bits per heavy atom. The first kappa shape index (κ1) is 14.8. The molecule has 1 saturated heterocycles. The molecule has 1 atom stereocenters. The van der Waals surface area contributed by atoms with E-state index in [1.165, 1.54) is 23.6 Å². The number of nitrogens with zero attached hydrogens (tertiary/aromatic N) is 2. The first-order valence-corrected chi connectivity index (χ1v) is 6.58. The highest BCUT2D eigenvalue weighted by atomic mass is 32.2. The summed E-state index contributed by atoms with van der Waals surface area (Å²) in [5.74, 6) is -0.529. The van der Waals surface area contributed by atoms with Crippen molar-refractivity contribution in [1.82, 2.24) is 4.90 Å². The maximum Gasteiger partial charge on any atom is 0.411 e. The third-order valence-electron chi connectivity index (χ3n) is 2.06. The summed E-state index contributed by atoms with van der Waals surface area (Å²) in [5.41, 5.74) is -0.532. The van der Waals surface area contributed by atoms with Crippen LogP contribution in [-0.4, -0.2) is 51.2 Å². The smallest absolute Gasteiger partial charge is 0.411 e. The molecule has 1 fully saturated rings. The summed E-state index contributed by atoms with van der Waals surface area (Å²) >= 11 is 1.36. The number of carbonyl (C=O) groups is 2. The topological polar surface area (TPSA) is 79.2 Å². The van der Waals surface area contributed by atoms with Crippen molar-refractivity contribution in [2.24, 2.45) is 4.99 Å². The molecule has 0 spiro atoms. The Balaban J connectivity index is 2.56. The molecule has 0 aromatic rings. The minimum Gasteiger partial charge on any atom is -0.480 e. The fourth-order valence-electron chi connectivity index (χ4n) is 1.20. The summed E-state index contributed by atoms with van der Waals surface area (Å²) in [5, 5.41) is 9.40. The average molecular weight is 274 g/mol. The molecule has 0 aromatic heterocycles. The van der Waals surface area contributed by atoms with Gasteiger partial charge >= 0.3 is 12.1 Å². The molecule has 7 heteroatoms. The van der Waals surface area contributed by atoms with Gasteiger partial charge in [-0.25, -0.2) is 9.59 Å². The van der Waals surface area contributed by atoms with Crippen LogP contribution in [-0.2, 0) is 9.53 Å². The Labute approximate surface area is 110 Å². The number of amides is 1. The highest BCUT2D eigenvalue weighted by molar-refractivity contribution is 8.14. The van der Waals surface area contributed by atoms with Gasteiger partial charge in [-0.2, -0.15) is 0 Å². The largest absolute Gasteiger partial charge is 0.480 e. The SMILES string of the molecule is C[C@H](N=C1CN(C(=O)OC(C)(C)C)CS1)C(=O)O. The van der Waals surface area contributed by atoms with E-state index in [0.717, 1.165) is 0 Å². The van der Waals surface area contributed by atoms with E-state index in [2.05, 4.69) is 4.99 Å². The summed E-state index contributed by atoms with van der Waals surface area (Å²) < 4.78 is 5.22. The van der Waals surface area contributed by atoms with Crippen LogP contribution in [0.2, 0.25) is 0 Å². The number of rotatable bonds is 2. The molecule has 18 heavy (non-hydrogen) atoms. The zero-order chi connectivity index (χ0) is 13.9. The standard InChI is InChI=1S/C11H18N2O4S/c1-7(9(14)15)12-8-5-13(6-18-8)10(16)17-11(2,3)4/h7H,5-6H2,1-4H3,(H,14,15)/t7-/m0/s1. The van der Waals surface area contributed by atoms with E-state index in [1.807, 2.05) is 0 Å². The fourth-order valence-corrected chi connectivity index (χ4v) is 2.18. The van der Waals surface area contributed by atoms with Crippen LogP contribution in [0.3, 0.4) is 0 Å². The molecule has 0 saturated carbocycles. The quantitative estimate of drug-likeness (QED) is 0.830. The normalized spacial score (nSPS) is 20.0. The number of hydrogen-bond donors (Lipinski definition) is 1. The number of aliphatic imine (C=N–C) groups is 1. The second-order valence-corrected chi connectivity index (χ2v) is 6.01. The Hall–Kier alpha value is -1.24. The van der Waals surface area contributed by atoms with Gasteiger partial charge < -0.3 is 9.84 Å². The lowest BCUT2D eigenvalue weighted by atomic mass is 10.2. The van der Waals surface area contributed by atoms with Gasteiger partial charge in [-0.3, -0.25) is 9.89 Å². The summed E-state index contributed by atoms with van der Waals surface area (Å²) in [6.45, 7) is 7.23. The number of carboxylic acids is 1. The molecule has 1 heterocycles. The number of aliphatic carboxylic acids is 1. The van der Waals surface area contributed by atoms with Crippen LogP contribution >= 0.6 is 11.8 Å². The van der Waals surface area contributed by atoms with Gasteiger partial charge in [-0.1, -0.05) is 11.8 Å². The van der Waals surface area contributed by atoms with Gasteiger partial charge in [0.15, 0.2) is 0 Å². The van der Waals surface area contributed by atoms with Gasteiger partial charge in [0, 0.05) is 0 Å². The Kier molecular flexibility index (Phi) is 4.61. The molecular weight excluding hydrogens is 256 g/mol. The van der Waals surface area contributed by atoms with E-state index in [0.29, 0.717) is 17.5 Å². The summed E-state index contributed by atoms with van der Waals surface area (Å²) in [6, 6.07) is -0.786. The first-order chi connectivity index (χ1) is 8.19. The van der Waals surface area contributed by atoms with Crippen molar-refractivity contribution in [3.8, 4) is 0 Å². The van der Waals surface area contributed by atoms with Crippen LogP contribution in [0.5, 0.6) is 0 Å². The van der Waals surface area contributed by atoms with Crippen LogP contribution in [0.15, 0.2) is 4.99 Å². The Morgan fingerprint density at radius 2 is 2.11 bits per heavy atom. The molecule has 0 aliphatic carbocycles. The van der Waals surface area contributed by atoms with Gasteiger partial charge in [0.2, 0.25) is 0 Å². The second-order valence-electron chi connectivity index (χ2n) is 4.99. The molecular formula is C11H18N2O4S. The minimum atomic E-state index is -0.973. The molecule has 0 aromatic carbocycles. The average Bonchev–Trinajstić information content (AvgIpc) is 2.63. The molecule has 1 N–H and O–H groups in total. The molecule has 1 aliphatic rings. The number of carbonyl (C=O) groups excluding carboxylic acids is 1. The first-order valence-electron chi connectivity index (χ1n) is 5.59. The summed E-state index contributed by atoms with van der Waals surface area (Å²) in [4.78, 5) is 28.0. The molecule has 102 valence electrons. The van der Waals surface area contributed by atoms with Crippen molar-refractivity contribution in [2.45, 2.75) is 39.3 Å². The van der Waals surface area contributed by atoms with Crippen LogP contribution < -0.4 is 0 Å². The van der Waals surface area contributed by atoms with Gasteiger partial charge in [-0.05, 0) is 27.7 Å². The highest BCUT2D eigenvalue weighted by Gasteiger charge is 2.28. The van der Waals surface area contributed by atoms with E-state index in [1.54, 1.807) is 20.8 Å². The lowest BCUT2D eigenvalue weighted by Gasteiger charge is -2.23. The van der Waals surface area contributed by atoms with Crippen LogP contribution in [0.1, 0.15) is 27.7 Å². The Bertz CT molecular complexity index is 376. The molecule has 0 radical (unpaired) electrons. The molecule has 1 amide bonds.